The molecule has 0 saturated carbocycles. The molecular formula is C12H19NO2. The standard InChI is InChI=1S/C12H19NO2/c1-5-8(2)6-9(3)10-7-11(14)13(4)12(10)15/h6-7,9,14-15H,5H2,1-4H3. The minimum atomic E-state index is 0.0944. The maximum atomic E-state index is 9.75. The Balaban J connectivity index is 3.01. The number of nitrogens with zero attached hydrogens (tertiary/aromatic N) is 1. The molecule has 2 N–H and O–H groups in total. The third-order valence-corrected chi connectivity index (χ3v) is 2.79. The molecule has 1 aromatic rings. The van der Waals surface area contributed by atoms with Crippen molar-refractivity contribution in [1.82, 2.24) is 4.57 Å². The molecule has 1 rings (SSSR count). The van der Waals surface area contributed by atoms with Crippen LogP contribution in [0.4, 0.5) is 0 Å². The highest BCUT2D eigenvalue weighted by Gasteiger charge is 2.15. The van der Waals surface area contributed by atoms with E-state index in [-0.39, 0.29) is 17.7 Å². The highest BCUT2D eigenvalue weighted by atomic mass is 16.3. The lowest BCUT2D eigenvalue weighted by Crippen LogP contribution is -1.91. The fraction of sp³-hybridized carbons (Fsp3) is 0.500. The minimum absolute atomic E-state index is 0.0944. The third kappa shape index (κ3) is 2.35. The molecule has 0 radical (unpaired) electrons. The van der Waals surface area contributed by atoms with Gasteiger partial charge in [0.05, 0.1) is 0 Å². The zero-order valence-electron chi connectivity index (χ0n) is 9.78. The van der Waals surface area contributed by atoms with Gasteiger partial charge in [0.2, 0.25) is 0 Å². The second-order valence-electron chi connectivity index (χ2n) is 4.00. The second kappa shape index (κ2) is 4.43. The van der Waals surface area contributed by atoms with Crippen LogP contribution in [0.1, 0.15) is 38.7 Å². The Kier molecular flexibility index (Phi) is 3.45. The van der Waals surface area contributed by atoms with E-state index in [1.54, 1.807) is 13.1 Å². The predicted octanol–water partition coefficient (Wildman–Crippen LogP) is 2.90. The minimum Gasteiger partial charge on any atom is -0.494 e. The van der Waals surface area contributed by atoms with Crippen LogP contribution in [0.25, 0.3) is 0 Å². The van der Waals surface area contributed by atoms with E-state index < -0.39 is 0 Å². The number of aromatic hydroxyl groups is 2. The van der Waals surface area contributed by atoms with Gasteiger partial charge >= 0.3 is 0 Å². The average molecular weight is 209 g/mol. The van der Waals surface area contributed by atoms with Gasteiger partial charge in [-0.2, -0.15) is 0 Å². The van der Waals surface area contributed by atoms with Gasteiger partial charge in [0, 0.05) is 24.6 Å². The first kappa shape index (κ1) is 11.7. The summed E-state index contributed by atoms with van der Waals surface area (Å²) in [6.07, 6.45) is 3.11. The second-order valence-corrected chi connectivity index (χ2v) is 4.00. The van der Waals surface area contributed by atoms with Gasteiger partial charge in [-0.1, -0.05) is 25.5 Å². The molecule has 0 aromatic carbocycles. The predicted molar refractivity (Wildman–Crippen MR) is 61.2 cm³/mol. The molecule has 0 amide bonds. The van der Waals surface area contributed by atoms with Gasteiger partial charge in [-0.15, -0.1) is 0 Å². The molecule has 15 heavy (non-hydrogen) atoms. The van der Waals surface area contributed by atoms with Crippen molar-refractivity contribution in [3.63, 3.8) is 0 Å². The molecule has 84 valence electrons. The van der Waals surface area contributed by atoms with Crippen molar-refractivity contribution in [3.05, 3.63) is 23.3 Å². The van der Waals surface area contributed by atoms with Gasteiger partial charge < -0.3 is 10.2 Å². The summed E-state index contributed by atoms with van der Waals surface area (Å²) in [4.78, 5) is 0. The van der Waals surface area contributed by atoms with Crippen molar-refractivity contribution in [2.75, 3.05) is 0 Å². The van der Waals surface area contributed by atoms with Crippen LogP contribution in [0.2, 0.25) is 0 Å². The molecule has 0 aliphatic heterocycles. The van der Waals surface area contributed by atoms with Crippen LogP contribution in [0, 0.1) is 0 Å². The summed E-state index contributed by atoms with van der Waals surface area (Å²) in [5.41, 5.74) is 2.05. The summed E-state index contributed by atoms with van der Waals surface area (Å²) < 4.78 is 1.38. The zero-order chi connectivity index (χ0) is 11.6. The van der Waals surface area contributed by atoms with E-state index in [9.17, 15) is 10.2 Å². The summed E-state index contributed by atoms with van der Waals surface area (Å²) in [5, 5.41) is 19.2. The first-order valence-corrected chi connectivity index (χ1v) is 5.22. The first-order chi connectivity index (χ1) is 6.97. The molecular weight excluding hydrogens is 190 g/mol. The normalized spacial score (nSPS) is 14.3. The zero-order valence-corrected chi connectivity index (χ0v) is 9.78. The number of hydrogen-bond acceptors (Lipinski definition) is 2. The smallest absolute Gasteiger partial charge is 0.197 e. The Hall–Kier alpha value is -1.38. The average Bonchev–Trinajstić information content (AvgIpc) is 2.45. The number of rotatable bonds is 3. The molecule has 0 aliphatic rings. The largest absolute Gasteiger partial charge is 0.494 e. The number of aromatic nitrogens is 1. The summed E-state index contributed by atoms with van der Waals surface area (Å²) in [7, 11) is 1.64. The summed E-state index contributed by atoms with van der Waals surface area (Å²) in [5.74, 6) is 0.356. The molecule has 1 aromatic heterocycles. The Bertz CT molecular complexity index is 377. The molecule has 0 spiro atoms. The molecule has 0 saturated heterocycles. The molecule has 3 nitrogen and oxygen atoms in total. The van der Waals surface area contributed by atoms with Crippen molar-refractivity contribution in [2.45, 2.75) is 33.1 Å². The Labute approximate surface area is 90.7 Å². The van der Waals surface area contributed by atoms with E-state index in [1.807, 2.05) is 6.92 Å². The molecule has 0 fully saturated rings. The van der Waals surface area contributed by atoms with Crippen LogP contribution < -0.4 is 0 Å². The van der Waals surface area contributed by atoms with Crippen molar-refractivity contribution in [2.24, 2.45) is 7.05 Å². The summed E-state index contributed by atoms with van der Waals surface area (Å²) >= 11 is 0. The van der Waals surface area contributed by atoms with Gasteiger partial charge in [-0.05, 0) is 13.3 Å². The van der Waals surface area contributed by atoms with E-state index >= 15 is 0 Å². The van der Waals surface area contributed by atoms with Gasteiger partial charge in [0.15, 0.2) is 11.8 Å². The molecule has 1 atom stereocenters. The lowest BCUT2D eigenvalue weighted by atomic mass is 10.0. The van der Waals surface area contributed by atoms with Gasteiger partial charge in [0.25, 0.3) is 0 Å². The van der Waals surface area contributed by atoms with E-state index in [4.69, 9.17) is 0 Å². The SMILES string of the molecule is CCC(C)=CC(C)c1cc(O)n(C)c1O. The van der Waals surface area contributed by atoms with Crippen molar-refractivity contribution in [3.8, 4) is 11.8 Å². The van der Waals surface area contributed by atoms with Gasteiger partial charge in [-0.25, -0.2) is 0 Å². The van der Waals surface area contributed by atoms with E-state index in [1.165, 1.54) is 10.1 Å². The highest BCUT2D eigenvalue weighted by molar-refractivity contribution is 5.39. The molecule has 1 unspecified atom stereocenters. The lowest BCUT2D eigenvalue weighted by Gasteiger charge is -2.07. The van der Waals surface area contributed by atoms with Gasteiger partial charge in [-0.3, -0.25) is 4.57 Å². The summed E-state index contributed by atoms with van der Waals surface area (Å²) in [6, 6.07) is 1.61. The highest BCUT2D eigenvalue weighted by Crippen LogP contribution is 2.33. The van der Waals surface area contributed by atoms with Crippen LogP contribution in [0.15, 0.2) is 17.7 Å². The molecule has 3 heteroatoms. The van der Waals surface area contributed by atoms with E-state index in [2.05, 4.69) is 19.9 Å². The van der Waals surface area contributed by atoms with Crippen LogP contribution in [-0.4, -0.2) is 14.8 Å². The Morgan fingerprint density at radius 3 is 2.53 bits per heavy atom. The van der Waals surface area contributed by atoms with E-state index in [0.717, 1.165) is 12.0 Å². The molecule has 0 bridgehead atoms. The Morgan fingerprint density at radius 2 is 2.13 bits per heavy atom. The summed E-state index contributed by atoms with van der Waals surface area (Å²) in [6.45, 7) is 6.17. The third-order valence-electron chi connectivity index (χ3n) is 2.79. The number of allylic oxidation sites excluding steroid dienone is 2. The lowest BCUT2D eigenvalue weighted by molar-refractivity contribution is 0.384. The van der Waals surface area contributed by atoms with Crippen LogP contribution in [0.5, 0.6) is 11.8 Å². The number of hydrogen-bond donors (Lipinski definition) is 2. The van der Waals surface area contributed by atoms with E-state index in [0.29, 0.717) is 0 Å². The van der Waals surface area contributed by atoms with Crippen molar-refractivity contribution >= 4 is 0 Å². The fourth-order valence-corrected chi connectivity index (χ4v) is 1.57. The molecule has 1 heterocycles. The van der Waals surface area contributed by atoms with Crippen molar-refractivity contribution < 1.29 is 10.2 Å². The van der Waals surface area contributed by atoms with Crippen molar-refractivity contribution in [1.29, 1.82) is 0 Å². The maximum absolute atomic E-state index is 9.75. The fourth-order valence-electron chi connectivity index (χ4n) is 1.57. The quantitative estimate of drug-likeness (QED) is 0.752. The van der Waals surface area contributed by atoms with Gasteiger partial charge in [0.1, 0.15) is 0 Å². The molecule has 0 aliphatic carbocycles. The monoisotopic (exact) mass is 209 g/mol. The Morgan fingerprint density at radius 1 is 1.53 bits per heavy atom. The van der Waals surface area contributed by atoms with Crippen LogP contribution in [0.3, 0.4) is 0 Å². The topological polar surface area (TPSA) is 45.4 Å². The maximum Gasteiger partial charge on any atom is 0.197 e. The van der Waals surface area contributed by atoms with Crippen LogP contribution in [-0.2, 0) is 7.05 Å². The first-order valence-electron chi connectivity index (χ1n) is 5.22. The van der Waals surface area contributed by atoms with Crippen LogP contribution >= 0.6 is 0 Å².